The first-order chi connectivity index (χ1) is 12.8. The van der Waals surface area contributed by atoms with Crippen molar-refractivity contribution in [3.05, 3.63) is 52.5 Å². The molecule has 3 rings (SSSR count). The maximum absolute atomic E-state index is 13.0. The molecular weight excluding hydrogens is 430 g/mol. The summed E-state index contributed by atoms with van der Waals surface area (Å²) in [6.45, 7) is 4.15. The number of ether oxygens (including phenoxy) is 2. The average Bonchev–Trinajstić information content (AvgIpc) is 2.67. The lowest BCUT2D eigenvalue weighted by Gasteiger charge is -2.41. The lowest BCUT2D eigenvalue weighted by atomic mass is 9.84. The minimum Gasteiger partial charge on any atom is -0.496 e. The standard InChI is InChI=1S/C20H24BrNO4S/c1-4-20(5-2)13-17(15-8-6-7-9-18(15)26-20)22-27(23,24)14-10-11-19(25-3)16(21)12-14/h6-12,17,22H,4-5,13H2,1-3H3/t17-/m1/s1. The highest BCUT2D eigenvalue weighted by Crippen LogP contribution is 2.43. The highest BCUT2D eigenvalue weighted by molar-refractivity contribution is 9.10. The predicted octanol–water partition coefficient (Wildman–Crippen LogP) is 4.82. The molecular formula is C20H24BrNO4S. The smallest absolute Gasteiger partial charge is 0.241 e. The van der Waals surface area contributed by atoms with Crippen molar-refractivity contribution in [2.24, 2.45) is 0 Å². The van der Waals surface area contributed by atoms with E-state index in [9.17, 15) is 8.42 Å². The van der Waals surface area contributed by atoms with Crippen LogP contribution in [0, 0.1) is 0 Å². The number of para-hydroxylation sites is 1. The van der Waals surface area contributed by atoms with Gasteiger partial charge in [-0.1, -0.05) is 32.0 Å². The molecule has 0 unspecified atom stereocenters. The van der Waals surface area contributed by atoms with Crippen LogP contribution in [0.3, 0.4) is 0 Å². The van der Waals surface area contributed by atoms with Gasteiger partial charge >= 0.3 is 0 Å². The van der Waals surface area contributed by atoms with Crippen LogP contribution in [0.2, 0.25) is 0 Å². The van der Waals surface area contributed by atoms with Gasteiger partial charge in [-0.2, -0.15) is 0 Å². The van der Waals surface area contributed by atoms with E-state index >= 15 is 0 Å². The summed E-state index contributed by atoms with van der Waals surface area (Å²) in [6.07, 6.45) is 2.21. The molecule has 146 valence electrons. The zero-order valence-corrected chi connectivity index (χ0v) is 18.1. The molecule has 1 heterocycles. The fourth-order valence-corrected chi connectivity index (χ4v) is 5.41. The molecule has 0 spiro atoms. The van der Waals surface area contributed by atoms with Crippen molar-refractivity contribution in [2.45, 2.75) is 49.6 Å². The summed E-state index contributed by atoms with van der Waals surface area (Å²) in [5.74, 6) is 1.33. The van der Waals surface area contributed by atoms with Crippen LogP contribution >= 0.6 is 15.9 Å². The summed E-state index contributed by atoms with van der Waals surface area (Å²) in [5.41, 5.74) is 0.494. The van der Waals surface area contributed by atoms with Crippen LogP contribution in [-0.2, 0) is 10.0 Å². The number of methoxy groups -OCH3 is 1. The number of halogens is 1. The van der Waals surface area contributed by atoms with Crippen molar-refractivity contribution in [2.75, 3.05) is 7.11 Å². The zero-order chi connectivity index (χ0) is 19.7. The Bertz CT molecular complexity index is 925. The molecule has 27 heavy (non-hydrogen) atoms. The van der Waals surface area contributed by atoms with Crippen LogP contribution in [-0.4, -0.2) is 21.1 Å². The summed E-state index contributed by atoms with van der Waals surface area (Å²) >= 11 is 3.35. The first-order valence-corrected chi connectivity index (χ1v) is 11.3. The maximum Gasteiger partial charge on any atom is 0.241 e. The largest absolute Gasteiger partial charge is 0.496 e. The number of sulfonamides is 1. The van der Waals surface area contributed by atoms with E-state index in [-0.39, 0.29) is 16.5 Å². The summed E-state index contributed by atoms with van der Waals surface area (Å²) < 4.78 is 41.0. The fourth-order valence-electron chi connectivity index (χ4n) is 3.48. The minimum atomic E-state index is -3.71. The number of hydrogen-bond donors (Lipinski definition) is 1. The molecule has 0 saturated carbocycles. The average molecular weight is 454 g/mol. The lowest BCUT2D eigenvalue weighted by Crippen LogP contribution is -2.44. The van der Waals surface area contributed by atoms with Gasteiger partial charge in [-0.25, -0.2) is 13.1 Å². The molecule has 1 N–H and O–H groups in total. The second-order valence-corrected chi connectivity index (χ2v) is 9.27. The molecule has 7 heteroatoms. The third-order valence-corrected chi connectivity index (χ3v) is 7.31. The van der Waals surface area contributed by atoms with Crippen molar-refractivity contribution in [1.29, 1.82) is 0 Å². The fraction of sp³-hybridized carbons (Fsp3) is 0.400. The van der Waals surface area contributed by atoms with Crippen molar-refractivity contribution in [3.8, 4) is 11.5 Å². The van der Waals surface area contributed by atoms with E-state index in [1.165, 1.54) is 0 Å². The molecule has 1 atom stereocenters. The first kappa shape index (κ1) is 20.2. The van der Waals surface area contributed by atoms with Gasteiger partial charge in [0.25, 0.3) is 0 Å². The Balaban J connectivity index is 1.96. The Morgan fingerprint density at radius 1 is 1.22 bits per heavy atom. The third-order valence-electron chi connectivity index (χ3n) is 5.22. The van der Waals surface area contributed by atoms with Crippen LogP contribution in [0.1, 0.15) is 44.7 Å². The Hall–Kier alpha value is -1.57. The highest BCUT2D eigenvalue weighted by atomic mass is 79.9. The first-order valence-electron chi connectivity index (χ1n) is 8.98. The SMILES string of the molecule is CCC1(CC)C[C@@H](NS(=O)(=O)c2ccc(OC)c(Br)c2)c2ccccc2O1. The van der Waals surface area contributed by atoms with Crippen molar-refractivity contribution in [3.63, 3.8) is 0 Å². The molecule has 0 aromatic heterocycles. The number of hydrogen-bond acceptors (Lipinski definition) is 4. The number of benzene rings is 2. The molecule has 0 bridgehead atoms. The molecule has 2 aromatic rings. The van der Waals surface area contributed by atoms with E-state index in [1.54, 1.807) is 25.3 Å². The molecule has 0 fully saturated rings. The zero-order valence-electron chi connectivity index (χ0n) is 15.7. The molecule has 0 aliphatic carbocycles. The van der Waals surface area contributed by atoms with Crippen LogP contribution in [0.15, 0.2) is 51.8 Å². The summed E-state index contributed by atoms with van der Waals surface area (Å²) in [6, 6.07) is 12.0. The van der Waals surface area contributed by atoms with E-state index in [2.05, 4.69) is 34.5 Å². The summed E-state index contributed by atoms with van der Waals surface area (Å²) in [7, 11) is -2.17. The predicted molar refractivity (Wildman–Crippen MR) is 109 cm³/mol. The molecule has 5 nitrogen and oxygen atoms in total. The van der Waals surface area contributed by atoms with Crippen LogP contribution in [0.4, 0.5) is 0 Å². The van der Waals surface area contributed by atoms with Gasteiger partial charge in [0.1, 0.15) is 17.1 Å². The lowest BCUT2D eigenvalue weighted by molar-refractivity contribution is 0.0260. The van der Waals surface area contributed by atoms with Crippen LogP contribution in [0.5, 0.6) is 11.5 Å². The Labute approximate surface area is 169 Å². The second kappa shape index (κ2) is 7.81. The van der Waals surface area contributed by atoms with E-state index in [1.807, 2.05) is 24.3 Å². The normalized spacial score (nSPS) is 18.4. The van der Waals surface area contributed by atoms with E-state index in [0.717, 1.165) is 24.2 Å². The monoisotopic (exact) mass is 453 g/mol. The van der Waals surface area contributed by atoms with E-state index in [4.69, 9.17) is 9.47 Å². The second-order valence-electron chi connectivity index (χ2n) is 6.70. The van der Waals surface area contributed by atoms with Crippen LogP contribution in [0.25, 0.3) is 0 Å². The Kier molecular flexibility index (Phi) is 5.84. The number of fused-ring (bicyclic) bond motifs is 1. The molecule has 0 radical (unpaired) electrons. The van der Waals surface area contributed by atoms with Crippen molar-refractivity contribution < 1.29 is 17.9 Å². The maximum atomic E-state index is 13.0. The van der Waals surface area contributed by atoms with E-state index in [0.29, 0.717) is 16.6 Å². The van der Waals surface area contributed by atoms with Gasteiger partial charge < -0.3 is 9.47 Å². The highest BCUT2D eigenvalue weighted by Gasteiger charge is 2.40. The quantitative estimate of drug-likeness (QED) is 0.680. The molecule has 1 aliphatic rings. The minimum absolute atomic E-state index is 0.192. The van der Waals surface area contributed by atoms with Gasteiger partial charge in [-0.05, 0) is 53.0 Å². The van der Waals surface area contributed by atoms with Gasteiger partial charge in [-0.3, -0.25) is 0 Å². The van der Waals surface area contributed by atoms with Gasteiger partial charge in [0.2, 0.25) is 10.0 Å². The number of rotatable bonds is 6. The summed E-state index contributed by atoms with van der Waals surface area (Å²) in [4.78, 5) is 0.192. The molecule has 0 saturated heterocycles. The number of nitrogens with one attached hydrogen (secondary N) is 1. The topological polar surface area (TPSA) is 64.6 Å². The Morgan fingerprint density at radius 2 is 1.93 bits per heavy atom. The molecule has 0 amide bonds. The van der Waals surface area contributed by atoms with Gasteiger partial charge in [0.15, 0.2) is 0 Å². The van der Waals surface area contributed by atoms with E-state index < -0.39 is 10.0 Å². The van der Waals surface area contributed by atoms with Crippen LogP contribution < -0.4 is 14.2 Å². The van der Waals surface area contributed by atoms with Gasteiger partial charge in [0, 0.05) is 12.0 Å². The molecule has 1 aliphatic heterocycles. The summed E-state index contributed by atoms with van der Waals surface area (Å²) in [5, 5.41) is 0. The Morgan fingerprint density at radius 3 is 2.56 bits per heavy atom. The van der Waals surface area contributed by atoms with Gasteiger partial charge in [0.05, 0.1) is 22.5 Å². The molecule has 2 aromatic carbocycles. The van der Waals surface area contributed by atoms with Crippen molar-refractivity contribution in [1.82, 2.24) is 4.72 Å². The van der Waals surface area contributed by atoms with Crippen molar-refractivity contribution >= 4 is 26.0 Å². The van der Waals surface area contributed by atoms with Gasteiger partial charge in [-0.15, -0.1) is 0 Å². The third kappa shape index (κ3) is 4.00.